The maximum atomic E-state index is 12.9. The summed E-state index contributed by atoms with van der Waals surface area (Å²) in [5.74, 6) is -0.903. The van der Waals surface area contributed by atoms with E-state index in [0.717, 1.165) is 29.7 Å². The Labute approximate surface area is 169 Å². The second-order valence-electron chi connectivity index (χ2n) is 6.94. The van der Waals surface area contributed by atoms with Gasteiger partial charge in [0.05, 0.1) is 11.1 Å². The zero-order valence-corrected chi connectivity index (χ0v) is 16.8. The van der Waals surface area contributed by atoms with Crippen molar-refractivity contribution in [3.8, 4) is 0 Å². The summed E-state index contributed by atoms with van der Waals surface area (Å²) in [6.07, 6.45) is 3.05. The summed E-state index contributed by atoms with van der Waals surface area (Å²) in [4.78, 5) is 41.0. The predicted molar refractivity (Wildman–Crippen MR) is 110 cm³/mol. The van der Waals surface area contributed by atoms with Crippen LogP contribution in [0.5, 0.6) is 0 Å². The molecule has 1 aliphatic rings. The minimum absolute atomic E-state index is 0.128. The molecular formula is C22H23ClN2O3. The molecule has 1 aliphatic heterocycles. The van der Waals surface area contributed by atoms with Crippen LogP contribution in [0.25, 0.3) is 0 Å². The molecule has 146 valence electrons. The molecule has 3 rings (SSSR count). The molecule has 0 aromatic heterocycles. The van der Waals surface area contributed by atoms with Crippen molar-refractivity contribution in [3.05, 3.63) is 64.2 Å². The summed E-state index contributed by atoms with van der Waals surface area (Å²) in [5.41, 5.74) is 2.21. The highest BCUT2D eigenvalue weighted by atomic mass is 35.5. The van der Waals surface area contributed by atoms with Gasteiger partial charge in [0.25, 0.3) is 11.8 Å². The molecule has 2 aromatic carbocycles. The Kier molecular flexibility index (Phi) is 6.15. The fraction of sp³-hybridized carbons (Fsp3) is 0.318. The quantitative estimate of drug-likeness (QED) is 0.496. The van der Waals surface area contributed by atoms with E-state index in [-0.39, 0.29) is 24.4 Å². The van der Waals surface area contributed by atoms with Gasteiger partial charge in [0.15, 0.2) is 0 Å². The first-order valence-electron chi connectivity index (χ1n) is 9.45. The normalized spacial score (nSPS) is 13.0. The van der Waals surface area contributed by atoms with E-state index >= 15 is 0 Å². The van der Waals surface area contributed by atoms with Crippen molar-refractivity contribution in [2.24, 2.45) is 0 Å². The van der Waals surface area contributed by atoms with Crippen molar-refractivity contribution in [1.82, 2.24) is 4.90 Å². The van der Waals surface area contributed by atoms with Crippen molar-refractivity contribution in [3.63, 3.8) is 0 Å². The van der Waals surface area contributed by atoms with Crippen molar-refractivity contribution in [2.45, 2.75) is 39.5 Å². The molecule has 0 radical (unpaired) electrons. The number of benzene rings is 2. The van der Waals surface area contributed by atoms with E-state index in [1.54, 1.807) is 36.4 Å². The van der Waals surface area contributed by atoms with Crippen molar-refractivity contribution < 1.29 is 14.4 Å². The van der Waals surface area contributed by atoms with Gasteiger partial charge in [-0.1, -0.05) is 49.6 Å². The third-order valence-corrected chi connectivity index (χ3v) is 5.33. The molecule has 5 nitrogen and oxygen atoms in total. The van der Waals surface area contributed by atoms with E-state index in [1.807, 2.05) is 13.0 Å². The van der Waals surface area contributed by atoms with E-state index in [2.05, 4.69) is 6.92 Å². The smallest absolute Gasteiger partial charge is 0.263 e. The second-order valence-corrected chi connectivity index (χ2v) is 7.34. The number of hydrogen-bond acceptors (Lipinski definition) is 3. The SMILES string of the molecule is CCCCCC(=O)N(CN1C(=O)c2ccccc2C1=O)c1ccc(C)c(Cl)c1. The van der Waals surface area contributed by atoms with Gasteiger partial charge in [-0.15, -0.1) is 0 Å². The lowest BCUT2D eigenvalue weighted by Crippen LogP contribution is -2.44. The number of fused-ring (bicyclic) bond motifs is 1. The largest absolute Gasteiger partial charge is 0.294 e. The number of amides is 3. The molecule has 28 heavy (non-hydrogen) atoms. The number of rotatable bonds is 7. The number of unbranched alkanes of at least 4 members (excludes halogenated alkanes) is 2. The predicted octanol–water partition coefficient (Wildman–Crippen LogP) is 4.82. The summed E-state index contributed by atoms with van der Waals surface area (Å²) in [7, 11) is 0. The molecule has 1 heterocycles. The highest BCUT2D eigenvalue weighted by molar-refractivity contribution is 6.31. The maximum Gasteiger partial charge on any atom is 0.263 e. The van der Waals surface area contributed by atoms with E-state index in [9.17, 15) is 14.4 Å². The van der Waals surface area contributed by atoms with Gasteiger partial charge in [-0.25, -0.2) is 0 Å². The molecule has 3 amide bonds. The van der Waals surface area contributed by atoms with Crippen LogP contribution in [0, 0.1) is 6.92 Å². The molecule has 0 N–H and O–H groups in total. The summed E-state index contributed by atoms with van der Waals surface area (Å²) in [5, 5.41) is 0.534. The van der Waals surface area contributed by atoms with Crippen LogP contribution in [0.15, 0.2) is 42.5 Å². The molecule has 0 saturated heterocycles. The van der Waals surface area contributed by atoms with Gasteiger partial charge in [0.1, 0.15) is 6.67 Å². The zero-order valence-electron chi connectivity index (χ0n) is 16.1. The number of anilines is 1. The third-order valence-electron chi connectivity index (χ3n) is 4.92. The average molecular weight is 399 g/mol. The Bertz CT molecular complexity index is 891. The topological polar surface area (TPSA) is 57.7 Å². The Morgan fingerprint density at radius 1 is 1.04 bits per heavy atom. The standard InChI is InChI=1S/C22H23ClN2O3/c1-3-4-5-10-20(26)24(16-12-11-15(2)19(23)13-16)14-25-21(27)17-8-6-7-9-18(17)22(25)28/h6-9,11-13H,3-5,10,14H2,1-2H3. The Morgan fingerprint density at radius 3 is 2.25 bits per heavy atom. The van der Waals surface area contributed by atoms with E-state index in [1.165, 1.54) is 4.90 Å². The van der Waals surface area contributed by atoms with Gasteiger partial charge in [0.2, 0.25) is 5.91 Å². The van der Waals surface area contributed by atoms with Crippen LogP contribution in [0.4, 0.5) is 5.69 Å². The van der Waals surface area contributed by atoms with Crippen LogP contribution in [0.2, 0.25) is 5.02 Å². The van der Waals surface area contributed by atoms with Crippen molar-refractivity contribution in [2.75, 3.05) is 11.6 Å². The molecule has 0 bridgehead atoms. The monoisotopic (exact) mass is 398 g/mol. The number of hydrogen-bond donors (Lipinski definition) is 0. The highest BCUT2D eigenvalue weighted by Crippen LogP contribution is 2.27. The maximum absolute atomic E-state index is 12.9. The number of halogens is 1. The minimum Gasteiger partial charge on any atom is -0.294 e. The molecule has 6 heteroatoms. The molecule has 0 atom stereocenters. The van der Waals surface area contributed by atoms with Gasteiger partial charge < -0.3 is 0 Å². The third kappa shape index (κ3) is 3.94. The molecule has 0 spiro atoms. The van der Waals surface area contributed by atoms with Gasteiger partial charge in [0, 0.05) is 17.1 Å². The summed E-state index contributed by atoms with van der Waals surface area (Å²) < 4.78 is 0. The number of carbonyl (C=O) groups is 3. The van der Waals surface area contributed by atoms with Crippen molar-refractivity contribution in [1.29, 1.82) is 0 Å². The fourth-order valence-corrected chi connectivity index (χ4v) is 3.40. The highest BCUT2D eigenvalue weighted by Gasteiger charge is 2.37. The number of nitrogens with zero attached hydrogens (tertiary/aromatic N) is 2. The van der Waals surface area contributed by atoms with Crippen LogP contribution in [0.1, 0.15) is 58.9 Å². The fourth-order valence-electron chi connectivity index (χ4n) is 3.22. The van der Waals surface area contributed by atoms with Crippen LogP contribution >= 0.6 is 11.6 Å². The zero-order chi connectivity index (χ0) is 20.3. The van der Waals surface area contributed by atoms with Gasteiger partial charge in [-0.05, 0) is 43.2 Å². The van der Waals surface area contributed by atoms with Gasteiger partial charge in [-0.3, -0.25) is 24.2 Å². The first-order valence-corrected chi connectivity index (χ1v) is 9.83. The molecular weight excluding hydrogens is 376 g/mol. The van der Waals surface area contributed by atoms with E-state index in [4.69, 9.17) is 11.6 Å². The summed E-state index contributed by atoms with van der Waals surface area (Å²) in [6.45, 7) is 3.82. The lowest BCUT2D eigenvalue weighted by molar-refractivity contribution is -0.119. The Morgan fingerprint density at radius 2 is 1.68 bits per heavy atom. The van der Waals surface area contributed by atoms with Crippen LogP contribution in [-0.4, -0.2) is 29.3 Å². The van der Waals surface area contributed by atoms with Crippen LogP contribution < -0.4 is 4.90 Å². The summed E-state index contributed by atoms with van der Waals surface area (Å²) in [6, 6.07) is 12.0. The number of aryl methyl sites for hydroxylation is 1. The van der Waals surface area contributed by atoms with Gasteiger partial charge in [-0.2, -0.15) is 0 Å². The van der Waals surface area contributed by atoms with Gasteiger partial charge >= 0.3 is 0 Å². The lowest BCUT2D eigenvalue weighted by Gasteiger charge is -2.27. The molecule has 0 saturated carbocycles. The average Bonchev–Trinajstić information content (AvgIpc) is 2.93. The Balaban J connectivity index is 1.89. The lowest BCUT2D eigenvalue weighted by atomic mass is 10.1. The molecule has 0 aliphatic carbocycles. The first-order chi connectivity index (χ1) is 13.4. The van der Waals surface area contributed by atoms with E-state index < -0.39 is 0 Å². The first kappa shape index (κ1) is 20.1. The summed E-state index contributed by atoms with van der Waals surface area (Å²) >= 11 is 6.25. The molecule has 2 aromatic rings. The minimum atomic E-state index is -0.384. The number of imide groups is 1. The molecule has 0 fully saturated rings. The molecule has 0 unspecified atom stereocenters. The van der Waals surface area contributed by atoms with Crippen LogP contribution in [0.3, 0.4) is 0 Å². The Hall–Kier alpha value is -2.66. The number of carbonyl (C=O) groups excluding carboxylic acids is 3. The van der Waals surface area contributed by atoms with Crippen molar-refractivity contribution >= 4 is 35.0 Å². The van der Waals surface area contributed by atoms with E-state index in [0.29, 0.717) is 28.3 Å². The van der Waals surface area contributed by atoms with Crippen LogP contribution in [-0.2, 0) is 4.79 Å². The second kappa shape index (κ2) is 8.57.